The molecule has 0 radical (unpaired) electrons. The van der Waals surface area contributed by atoms with E-state index in [-0.39, 0.29) is 0 Å². The normalized spacial score (nSPS) is 20.3. The first kappa shape index (κ1) is 15.8. The van der Waals surface area contributed by atoms with Crippen molar-refractivity contribution in [1.82, 2.24) is 9.88 Å². The number of likely N-dealkylation sites (tertiary alicyclic amines) is 1. The molecule has 1 fully saturated rings. The maximum absolute atomic E-state index is 13.6. The Hall–Kier alpha value is -2.08. The number of aromatic nitrogens is 1. The van der Waals surface area contributed by atoms with E-state index in [4.69, 9.17) is 4.74 Å². The Balaban J connectivity index is 1.91. The number of piperidine rings is 1. The van der Waals surface area contributed by atoms with E-state index < -0.39 is 12.2 Å². The van der Waals surface area contributed by atoms with Crippen LogP contribution in [0, 0.1) is 4.91 Å². The predicted octanol–water partition coefficient (Wildman–Crippen LogP) is 3.48. The Kier molecular flexibility index (Phi) is 4.81. The molecule has 1 aromatic carbocycles. The van der Waals surface area contributed by atoms with E-state index in [0.717, 1.165) is 29.4 Å². The number of fused-ring (bicyclic) bond motifs is 1. The van der Waals surface area contributed by atoms with Gasteiger partial charge in [0.25, 0.3) is 0 Å². The molecule has 0 saturated carbocycles. The Morgan fingerprint density at radius 3 is 3.09 bits per heavy atom. The fourth-order valence-electron chi connectivity index (χ4n) is 3.16. The van der Waals surface area contributed by atoms with E-state index in [9.17, 15) is 9.30 Å². The van der Waals surface area contributed by atoms with Gasteiger partial charge in [-0.2, -0.15) is 4.91 Å². The van der Waals surface area contributed by atoms with Crippen LogP contribution in [-0.2, 0) is 0 Å². The van der Waals surface area contributed by atoms with Crippen molar-refractivity contribution in [1.29, 1.82) is 0 Å². The molecule has 0 N–H and O–H groups in total. The maximum Gasteiger partial charge on any atom is 0.130 e. The largest absolute Gasteiger partial charge is 0.497 e. The van der Waals surface area contributed by atoms with Crippen LogP contribution < -0.4 is 4.74 Å². The Morgan fingerprint density at radius 1 is 1.48 bits per heavy atom. The van der Waals surface area contributed by atoms with Crippen LogP contribution in [0.4, 0.5) is 4.39 Å². The van der Waals surface area contributed by atoms with Crippen LogP contribution in [0.1, 0.15) is 24.4 Å². The highest BCUT2D eigenvalue weighted by Crippen LogP contribution is 2.29. The van der Waals surface area contributed by atoms with E-state index >= 15 is 0 Å². The molecule has 23 heavy (non-hydrogen) atoms. The third kappa shape index (κ3) is 3.47. The quantitative estimate of drug-likeness (QED) is 0.792. The summed E-state index contributed by atoms with van der Waals surface area (Å²) in [5.41, 5.74) is 1.60. The summed E-state index contributed by atoms with van der Waals surface area (Å²) >= 11 is 0. The van der Waals surface area contributed by atoms with Crippen LogP contribution >= 0.6 is 0 Å². The van der Waals surface area contributed by atoms with Crippen molar-refractivity contribution in [2.75, 3.05) is 26.7 Å². The summed E-state index contributed by atoms with van der Waals surface area (Å²) in [6.07, 6.45) is 2.28. The molecule has 122 valence electrons. The van der Waals surface area contributed by atoms with Crippen LogP contribution in [-0.4, -0.2) is 42.8 Å². The van der Waals surface area contributed by atoms with Crippen molar-refractivity contribution >= 4 is 10.9 Å². The van der Waals surface area contributed by atoms with E-state index in [2.05, 4.69) is 10.2 Å². The molecule has 1 saturated heterocycles. The van der Waals surface area contributed by atoms with Crippen molar-refractivity contribution in [2.45, 2.75) is 25.1 Å². The fraction of sp³-hybridized carbons (Fsp3) is 0.471. The second kappa shape index (κ2) is 7.00. The minimum Gasteiger partial charge on any atom is -0.497 e. The lowest BCUT2D eigenvalue weighted by molar-refractivity contribution is 0.133. The van der Waals surface area contributed by atoms with Crippen LogP contribution in [0.2, 0.25) is 0 Å². The molecule has 1 aliphatic heterocycles. The van der Waals surface area contributed by atoms with Gasteiger partial charge in [0.1, 0.15) is 18.0 Å². The number of benzene rings is 1. The highest BCUT2D eigenvalue weighted by Gasteiger charge is 2.24. The summed E-state index contributed by atoms with van der Waals surface area (Å²) < 4.78 is 18.8. The minimum absolute atomic E-state index is 0.373. The van der Waals surface area contributed by atoms with Gasteiger partial charge in [0.05, 0.1) is 12.6 Å². The summed E-state index contributed by atoms with van der Waals surface area (Å²) in [7, 11) is 1.60. The number of pyridine rings is 1. The smallest absolute Gasteiger partial charge is 0.130 e. The number of alkyl halides is 1. The van der Waals surface area contributed by atoms with Crippen molar-refractivity contribution in [2.24, 2.45) is 5.18 Å². The van der Waals surface area contributed by atoms with E-state index in [1.54, 1.807) is 13.3 Å². The summed E-state index contributed by atoms with van der Waals surface area (Å²) in [6, 6.07) is 6.82. The molecule has 5 nitrogen and oxygen atoms in total. The second-order valence-corrected chi connectivity index (χ2v) is 5.90. The number of methoxy groups -OCH3 is 1. The molecule has 0 unspecified atom stereocenters. The monoisotopic (exact) mass is 317 g/mol. The Bertz CT molecular complexity index is 695. The molecule has 3 rings (SSSR count). The second-order valence-electron chi connectivity index (χ2n) is 5.90. The fourth-order valence-corrected chi connectivity index (χ4v) is 3.16. The van der Waals surface area contributed by atoms with Gasteiger partial charge in [0, 0.05) is 24.7 Å². The summed E-state index contributed by atoms with van der Waals surface area (Å²) in [5, 5.41) is 4.15. The van der Waals surface area contributed by atoms with Crippen molar-refractivity contribution < 1.29 is 9.13 Å². The van der Waals surface area contributed by atoms with Crippen LogP contribution in [0.3, 0.4) is 0 Å². The van der Waals surface area contributed by atoms with Crippen LogP contribution in [0.15, 0.2) is 35.6 Å². The molecule has 0 spiro atoms. The first-order valence-electron chi connectivity index (χ1n) is 7.83. The van der Waals surface area contributed by atoms with Crippen molar-refractivity contribution in [3.63, 3.8) is 0 Å². The van der Waals surface area contributed by atoms with E-state index in [1.165, 1.54) is 0 Å². The van der Waals surface area contributed by atoms with Gasteiger partial charge in [-0.25, -0.2) is 4.39 Å². The summed E-state index contributed by atoms with van der Waals surface area (Å²) in [5.74, 6) is 0.707. The number of halogens is 1. The third-order valence-corrected chi connectivity index (χ3v) is 4.35. The average Bonchev–Trinajstić information content (AvgIpc) is 2.59. The highest BCUT2D eigenvalue weighted by atomic mass is 19.1. The van der Waals surface area contributed by atoms with Gasteiger partial charge >= 0.3 is 0 Å². The molecular weight excluding hydrogens is 297 g/mol. The molecule has 2 heterocycles. The number of rotatable bonds is 5. The van der Waals surface area contributed by atoms with Gasteiger partial charge in [-0.15, -0.1) is 0 Å². The van der Waals surface area contributed by atoms with Crippen molar-refractivity contribution in [3.05, 3.63) is 40.9 Å². The first-order chi connectivity index (χ1) is 11.2. The van der Waals surface area contributed by atoms with E-state index in [1.807, 2.05) is 29.2 Å². The Morgan fingerprint density at radius 2 is 2.35 bits per heavy atom. The zero-order chi connectivity index (χ0) is 16.2. The minimum atomic E-state index is -0.815. The average molecular weight is 317 g/mol. The Labute approximate surface area is 134 Å². The molecule has 1 aliphatic rings. The molecular formula is C17H20FN3O2. The van der Waals surface area contributed by atoms with Gasteiger partial charge in [-0.1, -0.05) is 5.18 Å². The van der Waals surface area contributed by atoms with Gasteiger partial charge in [0.2, 0.25) is 0 Å². The lowest BCUT2D eigenvalue weighted by Gasteiger charge is -2.30. The first-order valence-corrected chi connectivity index (χ1v) is 7.83. The number of nitrogens with zero attached hydrogens (tertiary/aromatic N) is 3. The predicted molar refractivity (Wildman–Crippen MR) is 87.4 cm³/mol. The lowest BCUT2D eigenvalue weighted by atomic mass is 10.0. The number of hydrogen-bond donors (Lipinski definition) is 0. The summed E-state index contributed by atoms with van der Waals surface area (Å²) in [4.78, 5) is 17.7. The van der Waals surface area contributed by atoms with Crippen LogP contribution in [0.25, 0.3) is 10.9 Å². The number of nitroso groups, excluding NO2 is 1. The standard InChI is InChI=1S/C17H20FN3O2/c1-23-13-4-5-16-15(9-13)14(6-7-19-16)17(20-22)11-21-8-2-3-12(18)10-21/h4-7,9,12,17H,2-3,8,10-11H2,1H3/t12-,17+/m1/s1. The van der Waals surface area contributed by atoms with Crippen LogP contribution in [0.5, 0.6) is 5.75 Å². The number of ether oxygens (including phenoxy) is 1. The molecule has 6 heteroatoms. The molecule has 2 aromatic rings. The van der Waals surface area contributed by atoms with Crippen molar-refractivity contribution in [3.8, 4) is 5.75 Å². The topological polar surface area (TPSA) is 54.8 Å². The molecule has 0 aliphatic carbocycles. The third-order valence-electron chi connectivity index (χ3n) is 4.35. The molecule has 1 aromatic heterocycles. The van der Waals surface area contributed by atoms with Gasteiger partial charge < -0.3 is 4.74 Å². The molecule has 0 bridgehead atoms. The zero-order valence-corrected chi connectivity index (χ0v) is 13.1. The number of hydrogen-bond acceptors (Lipinski definition) is 5. The SMILES string of the molecule is COc1ccc2nccc([C@H](CN3CCC[C@@H](F)C3)N=O)c2c1. The molecule has 0 amide bonds. The van der Waals surface area contributed by atoms with Gasteiger partial charge in [-0.3, -0.25) is 9.88 Å². The molecule has 2 atom stereocenters. The summed E-state index contributed by atoms with van der Waals surface area (Å²) in [6.45, 7) is 1.61. The lowest BCUT2D eigenvalue weighted by Crippen LogP contribution is -2.38. The highest BCUT2D eigenvalue weighted by molar-refractivity contribution is 5.84. The zero-order valence-electron chi connectivity index (χ0n) is 13.1. The van der Waals surface area contributed by atoms with Gasteiger partial charge in [-0.05, 0) is 49.2 Å². The van der Waals surface area contributed by atoms with Gasteiger partial charge in [0.15, 0.2) is 0 Å². The van der Waals surface area contributed by atoms with E-state index in [0.29, 0.717) is 25.3 Å². The maximum atomic E-state index is 13.6.